The van der Waals surface area contributed by atoms with Crippen LogP contribution in [0.15, 0.2) is 42.5 Å². The molecule has 8 heteroatoms. The second-order valence-electron chi connectivity index (χ2n) is 8.46. The van der Waals surface area contributed by atoms with Crippen LogP contribution in [0.2, 0.25) is 0 Å². The smallest absolute Gasteiger partial charge is 0.229 e. The molecule has 1 fully saturated rings. The van der Waals surface area contributed by atoms with E-state index in [0.717, 1.165) is 11.9 Å². The van der Waals surface area contributed by atoms with Gasteiger partial charge in [0.2, 0.25) is 5.91 Å². The van der Waals surface area contributed by atoms with Crippen LogP contribution in [-0.2, 0) is 11.2 Å². The molecular formula is C24H26F2N4O2. The van der Waals surface area contributed by atoms with E-state index in [0.29, 0.717) is 42.2 Å². The first kappa shape index (κ1) is 22.0. The molecule has 0 spiro atoms. The Labute approximate surface area is 185 Å². The van der Waals surface area contributed by atoms with Gasteiger partial charge in [-0.05, 0) is 62.8 Å². The highest BCUT2D eigenvalue weighted by molar-refractivity contribution is 5.94. The van der Waals surface area contributed by atoms with Crippen molar-refractivity contribution < 1.29 is 18.3 Å². The summed E-state index contributed by atoms with van der Waals surface area (Å²) in [6, 6.07) is 1.50. The normalized spacial score (nSPS) is 24.1. The van der Waals surface area contributed by atoms with Gasteiger partial charge in [-0.1, -0.05) is 13.0 Å². The van der Waals surface area contributed by atoms with Gasteiger partial charge in [-0.2, -0.15) is 0 Å². The lowest BCUT2D eigenvalue weighted by molar-refractivity contribution is -0.118. The standard InChI is InChI=1S/C24H26F2N4O2/c1-4-20-21(12-27-15(3)29-20)32-13-24(16-5-7-17(25)8-6-16)10-18(24)23(31)30-22-9-14(2)19(26)11-28-22/h5,7-9,11-12,16,18H,4,6,10,13H2,1-3H3,(H,28,30,31)/t16?,18-,24+/m0/s1. The van der Waals surface area contributed by atoms with Crippen molar-refractivity contribution in [3.05, 3.63) is 65.4 Å². The number of halogens is 2. The summed E-state index contributed by atoms with van der Waals surface area (Å²) >= 11 is 0. The maximum Gasteiger partial charge on any atom is 0.229 e. The maximum absolute atomic E-state index is 13.6. The predicted molar refractivity (Wildman–Crippen MR) is 116 cm³/mol. The van der Waals surface area contributed by atoms with Crippen LogP contribution < -0.4 is 10.1 Å². The van der Waals surface area contributed by atoms with Crippen molar-refractivity contribution in [1.82, 2.24) is 15.0 Å². The largest absolute Gasteiger partial charge is 0.489 e. The SMILES string of the molecule is CCc1nc(C)ncc1OC[C@@]1(C2C=CC(F)=CC2)C[C@H]1C(=O)Nc1cc(C)c(F)cn1. The number of aromatic nitrogens is 3. The molecule has 2 heterocycles. The summed E-state index contributed by atoms with van der Waals surface area (Å²) in [5.41, 5.74) is 0.733. The second-order valence-corrected chi connectivity index (χ2v) is 8.46. The van der Waals surface area contributed by atoms with Gasteiger partial charge in [-0.15, -0.1) is 0 Å². The Hall–Kier alpha value is -3.16. The Morgan fingerprint density at radius 2 is 2.09 bits per heavy atom. The van der Waals surface area contributed by atoms with Crippen LogP contribution in [0.25, 0.3) is 0 Å². The summed E-state index contributed by atoms with van der Waals surface area (Å²) in [5, 5.41) is 2.79. The molecule has 32 heavy (non-hydrogen) atoms. The van der Waals surface area contributed by atoms with Crippen LogP contribution in [0.4, 0.5) is 14.6 Å². The Morgan fingerprint density at radius 3 is 2.78 bits per heavy atom. The van der Waals surface area contributed by atoms with E-state index in [9.17, 15) is 13.6 Å². The molecule has 2 aromatic heterocycles. The van der Waals surface area contributed by atoms with Crippen molar-refractivity contribution in [3.63, 3.8) is 0 Å². The molecule has 1 saturated carbocycles. The number of nitrogens with zero attached hydrogens (tertiary/aromatic N) is 3. The molecule has 2 aliphatic carbocycles. The predicted octanol–water partition coefficient (Wildman–Crippen LogP) is 4.64. The maximum atomic E-state index is 13.6. The number of pyridine rings is 1. The quantitative estimate of drug-likeness (QED) is 0.679. The Kier molecular flexibility index (Phi) is 6.04. The number of nitrogens with one attached hydrogen (secondary N) is 1. The molecule has 0 bridgehead atoms. The fourth-order valence-electron chi connectivity index (χ4n) is 4.28. The lowest BCUT2D eigenvalue weighted by Gasteiger charge is -2.27. The molecule has 1 unspecified atom stereocenters. The van der Waals surface area contributed by atoms with Gasteiger partial charge >= 0.3 is 0 Å². The molecule has 1 amide bonds. The molecular weight excluding hydrogens is 414 g/mol. The topological polar surface area (TPSA) is 77.0 Å². The van der Waals surface area contributed by atoms with Crippen molar-refractivity contribution in [1.29, 1.82) is 0 Å². The molecule has 0 aromatic carbocycles. The van der Waals surface area contributed by atoms with E-state index < -0.39 is 11.2 Å². The van der Waals surface area contributed by atoms with Gasteiger partial charge in [0.25, 0.3) is 0 Å². The van der Waals surface area contributed by atoms with E-state index in [2.05, 4.69) is 20.3 Å². The Balaban J connectivity index is 1.53. The summed E-state index contributed by atoms with van der Waals surface area (Å²) in [5.74, 6) is 0.293. The zero-order valence-electron chi connectivity index (χ0n) is 18.4. The minimum atomic E-state index is -0.483. The van der Waals surface area contributed by atoms with Crippen molar-refractivity contribution in [3.8, 4) is 5.75 Å². The molecule has 0 radical (unpaired) electrons. The third-order valence-corrected chi connectivity index (χ3v) is 6.31. The molecule has 2 aliphatic rings. The van der Waals surface area contributed by atoms with Crippen LogP contribution in [0, 0.1) is 36.9 Å². The van der Waals surface area contributed by atoms with Crippen LogP contribution in [0.1, 0.15) is 36.8 Å². The van der Waals surface area contributed by atoms with Crippen LogP contribution >= 0.6 is 0 Å². The first-order chi connectivity index (χ1) is 15.3. The highest BCUT2D eigenvalue weighted by atomic mass is 19.1. The number of hydrogen-bond donors (Lipinski definition) is 1. The zero-order valence-corrected chi connectivity index (χ0v) is 18.4. The van der Waals surface area contributed by atoms with Gasteiger partial charge in [0.1, 0.15) is 23.3 Å². The number of rotatable bonds is 7. The fourth-order valence-corrected chi connectivity index (χ4v) is 4.28. The van der Waals surface area contributed by atoms with E-state index in [1.54, 1.807) is 13.1 Å². The minimum absolute atomic E-state index is 0.0443. The Bertz CT molecular complexity index is 1100. The van der Waals surface area contributed by atoms with E-state index in [-0.39, 0.29) is 30.2 Å². The average molecular weight is 440 g/mol. The number of amides is 1. The van der Waals surface area contributed by atoms with Crippen molar-refractivity contribution in [2.75, 3.05) is 11.9 Å². The van der Waals surface area contributed by atoms with Crippen LogP contribution in [0.5, 0.6) is 5.75 Å². The molecule has 3 atom stereocenters. The summed E-state index contributed by atoms with van der Waals surface area (Å²) < 4.78 is 33.2. The lowest BCUT2D eigenvalue weighted by atomic mass is 9.82. The fraction of sp³-hybridized carbons (Fsp3) is 0.417. The van der Waals surface area contributed by atoms with E-state index >= 15 is 0 Å². The average Bonchev–Trinajstić information content (AvgIpc) is 3.52. The highest BCUT2D eigenvalue weighted by Crippen LogP contribution is 2.60. The monoisotopic (exact) mass is 440 g/mol. The van der Waals surface area contributed by atoms with Gasteiger partial charge in [-0.3, -0.25) is 4.79 Å². The molecule has 0 aliphatic heterocycles. The summed E-state index contributed by atoms with van der Waals surface area (Å²) in [7, 11) is 0. The molecule has 4 rings (SSSR count). The number of anilines is 1. The zero-order chi connectivity index (χ0) is 22.9. The van der Waals surface area contributed by atoms with Gasteiger partial charge in [0.05, 0.1) is 24.7 Å². The number of allylic oxidation sites excluding steroid dienone is 4. The van der Waals surface area contributed by atoms with Crippen molar-refractivity contribution >= 4 is 11.7 Å². The van der Waals surface area contributed by atoms with Crippen molar-refractivity contribution in [2.24, 2.45) is 17.3 Å². The van der Waals surface area contributed by atoms with E-state index in [1.807, 2.05) is 19.9 Å². The van der Waals surface area contributed by atoms with Gasteiger partial charge in [-0.25, -0.2) is 23.7 Å². The summed E-state index contributed by atoms with van der Waals surface area (Å²) in [4.78, 5) is 25.7. The third kappa shape index (κ3) is 4.40. The molecule has 168 valence electrons. The van der Waals surface area contributed by atoms with Gasteiger partial charge in [0.15, 0.2) is 5.75 Å². The number of carbonyl (C=O) groups excluding carboxylic acids is 1. The summed E-state index contributed by atoms with van der Waals surface area (Å²) in [6.45, 7) is 5.72. The molecule has 2 aromatic rings. The molecule has 6 nitrogen and oxygen atoms in total. The van der Waals surface area contributed by atoms with Crippen LogP contribution in [-0.4, -0.2) is 27.5 Å². The second kappa shape index (κ2) is 8.76. The van der Waals surface area contributed by atoms with E-state index in [1.165, 1.54) is 18.2 Å². The minimum Gasteiger partial charge on any atom is -0.489 e. The molecule has 0 saturated heterocycles. The van der Waals surface area contributed by atoms with Gasteiger partial charge in [0, 0.05) is 11.3 Å². The summed E-state index contributed by atoms with van der Waals surface area (Å²) in [6.07, 6.45) is 9.34. The highest BCUT2D eigenvalue weighted by Gasteiger charge is 2.62. The van der Waals surface area contributed by atoms with E-state index in [4.69, 9.17) is 4.74 Å². The third-order valence-electron chi connectivity index (χ3n) is 6.31. The number of hydrogen-bond acceptors (Lipinski definition) is 5. The number of ether oxygens (including phenoxy) is 1. The first-order valence-electron chi connectivity index (χ1n) is 10.7. The lowest BCUT2D eigenvalue weighted by Crippen LogP contribution is -2.30. The number of carbonyl (C=O) groups is 1. The molecule has 1 N–H and O–H groups in total. The Morgan fingerprint density at radius 1 is 1.28 bits per heavy atom. The first-order valence-corrected chi connectivity index (χ1v) is 10.7. The number of aryl methyl sites for hydroxylation is 3. The van der Waals surface area contributed by atoms with Crippen LogP contribution in [0.3, 0.4) is 0 Å². The van der Waals surface area contributed by atoms with Crippen molar-refractivity contribution in [2.45, 2.75) is 40.0 Å². The van der Waals surface area contributed by atoms with Gasteiger partial charge < -0.3 is 10.1 Å².